The molecule has 2 aromatic rings. The summed E-state index contributed by atoms with van der Waals surface area (Å²) in [6.07, 6.45) is 0. The molecule has 1 saturated heterocycles. The largest absolute Gasteiger partial charge is 0.494 e. The third-order valence-electron chi connectivity index (χ3n) is 5.36. The van der Waals surface area contributed by atoms with Crippen molar-refractivity contribution in [3.8, 4) is 0 Å². The summed E-state index contributed by atoms with van der Waals surface area (Å²) < 4.78 is 12.1. The molecule has 0 radical (unpaired) electrons. The number of carbonyl (C=O) groups excluding carboxylic acids is 2. The molecular weight excluding hydrogens is 385 g/mol. The van der Waals surface area contributed by atoms with Gasteiger partial charge in [-0.25, -0.2) is 0 Å². The van der Waals surface area contributed by atoms with E-state index in [9.17, 15) is 14.5 Å². The molecule has 8 nitrogen and oxygen atoms in total. The lowest BCUT2D eigenvalue weighted by Crippen LogP contribution is -2.41. The minimum atomic E-state index is -0.636. The maximum Gasteiger partial charge on any atom is 0.494 e. The molecule has 9 heteroatoms. The van der Waals surface area contributed by atoms with E-state index in [-0.39, 0.29) is 17.3 Å². The van der Waals surface area contributed by atoms with Gasteiger partial charge in [0.2, 0.25) is 5.91 Å². The van der Waals surface area contributed by atoms with Gasteiger partial charge < -0.3 is 19.9 Å². The highest BCUT2D eigenvalue weighted by Crippen LogP contribution is 2.37. The Morgan fingerprint density at radius 1 is 0.933 bits per heavy atom. The molecule has 1 fully saturated rings. The van der Waals surface area contributed by atoms with E-state index in [0.29, 0.717) is 16.7 Å². The quantitative estimate of drug-likeness (QED) is 0.580. The van der Waals surface area contributed by atoms with Gasteiger partial charge >= 0.3 is 7.12 Å². The molecule has 1 heterocycles. The summed E-state index contributed by atoms with van der Waals surface area (Å²) in [5.74, 6) is -0.617. The summed E-state index contributed by atoms with van der Waals surface area (Å²) in [5, 5.41) is 8.34. The van der Waals surface area contributed by atoms with E-state index in [1.54, 1.807) is 36.4 Å². The lowest BCUT2D eigenvalue weighted by Gasteiger charge is -2.32. The number of nitrogens with one attached hydrogen (secondary N) is 2. The molecule has 156 valence electrons. The van der Waals surface area contributed by atoms with Crippen molar-refractivity contribution in [1.29, 1.82) is 0 Å². The summed E-state index contributed by atoms with van der Waals surface area (Å²) in [6.45, 7) is 9.19. The van der Waals surface area contributed by atoms with E-state index in [1.807, 2.05) is 27.7 Å². The molecule has 2 amide bonds. The van der Waals surface area contributed by atoms with Crippen LogP contribution in [0.3, 0.4) is 0 Å². The molecular formula is C21H24BN3O5. The van der Waals surface area contributed by atoms with E-state index >= 15 is 0 Å². The van der Waals surface area contributed by atoms with Crippen molar-refractivity contribution in [3.63, 3.8) is 0 Å². The maximum atomic E-state index is 12.6. The molecule has 2 aromatic carbocycles. The molecule has 0 unspecified atom stereocenters. The van der Waals surface area contributed by atoms with Gasteiger partial charge in [0.25, 0.3) is 5.91 Å². The Bertz CT molecular complexity index is 973. The molecule has 1 aliphatic rings. The fourth-order valence-corrected chi connectivity index (χ4v) is 2.96. The smallest absolute Gasteiger partial charge is 0.399 e. The SMILES string of the molecule is CC(=O)Nc1ccc(C(=O)Nc2cc(B3OC(C)(C)C(C)(C)O3)ccc2N=O)cc1. The summed E-state index contributed by atoms with van der Waals surface area (Å²) >= 11 is 0. The first-order valence-corrected chi connectivity index (χ1v) is 9.54. The Labute approximate surface area is 175 Å². The van der Waals surface area contributed by atoms with Crippen molar-refractivity contribution in [3.05, 3.63) is 52.9 Å². The molecule has 1 aliphatic heterocycles. The lowest BCUT2D eigenvalue weighted by atomic mass is 9.79. The van der Waals surface area contributed by atoms with E-state index in [4.69, 9.17) is 9.31 Å². The Morgan fingerprint density at radius 3 is 2.07 bits per heavy atom. The van der Waals surface area contributed by atoms with Gasteiger partial charge in [-0.05, 0) is 74.7 Å². The first kappa shape index (κ1) is 21.7. The molecule has 0 atom stereocenters. The highest BCUT2D eigenvalue weighted by atomic mass is 16.7. The molecule has 0 spiro atoms. The second kappa shape index (κ2) is 8.00. The van der Waals surface area contributed by atoms with Crippen molar-refractivity contribution in [2.45, 2.75) is 45.8 Å². The van der Waals surface area contributed by atoms with E-state index in [2.05, 4.69) is 15.8 Å². The molecule has 2 N–H and O–H groups in total. The summed E-state index contributed by atoms with van der Waals surface area (Å²) in [5.41, 5.74) is 0.930. The van der Waals surface area contributed by atoms with E-state index < -0.39 is 24.2 Å². The topological polar surface area (TPSA) is 106 Å². The van der Waals surface area contributed by atoms with Crippen LogP contribution in [0.4, 0.5) is 17.1 Å². The average Bonchev–Trinajstić information content (AvgIpc) is 2.89. The normalized spacial score (nSPS) is 16.8. The number of rotatable bonds is 5. The van der Waals surface area contributed by atoms with Crippen LogP contribution in [0.2, 0.25) is 0 Å². The number of hydrogen-bond acceptors (Lipinski definition) is 6. The monoisotopic (exact) mass is 409 g/mol. The maximum absolute atomic E-state index is 12.6. The lowest BCUT2D eigenvalue weighted by molar-refractivity contribution is -0.114. The predicted molar refractivity (Wildman–Crippen MR) is 116 cm³/mol. The fraction of sp³-hybridized carbons (Fsp3) is 0.333. The van der Waals surface area contributed by atoms with Crippen molar-refractivity contribution in [1.82, 2.24) is 0 Å². The standard InChI is InChI=1S/C21H24BN3O5/c1-13(26)23-16-9-6-14(7-10-16)19(27)24-18-12-15(8-11-17(18)25-28)22-29-20(2,3)21(4,5)30-22/h6-12H,1-5H3,(H,23,26)(H,24,27). The number of hydrogen-bond donors (Lipinski definition) is 2. The molecule has 0 aromatic heterocycles. The van der Waals surface area contributed by atoms with Crippen LogP contribution >= 0.6 is 0 Å². The first-order valence-electron chi connectivity index (χ1n) is 9.54. The number of nitroso groups, excluding NO2 is 1. The van der Waals surface area contributed by atoms with Crippen LogP contribution in [-0.2, 0) is 14.1 Å². The Kier molecular flexibility index (Phi) is 5.78. The Hall–Kier alpha value is -3.04. The number of benzene rings is 2. The van der Waals surface area contributed by atoms with Crippen LogP contribution in [0.5, 0.6) is 0 Å². The summed E-state index contributed by atoms with van der Waals surface area (Å²) in [6, 6.07) is 11.2. The Balaban J connectivity index is 1.82. The van der Waals surface area contributed by atoms with Crippen LogP contribution in [0.1, 0.15) is 45.0 Å². The van der Waals surface area contributed by atoms with Crippen LogP contribution in [0, 0.1) is 4.91 Å². The first-order chi connectivity index (χ1) is 14.0. The van der Waals surface area contributed by atoms with Crippen LogP contribution in [-0.4, -0.2) is 30.1 Å². The van der Waals surface area contributed by atoms with Crippen molar-refractivity contribution in [2.75, 3.05) is 10.6 Å². The minimum absolute atomic E-state index is 0.0958. The number of nitrogens with zero attached hydrogens (tertiary/aromatic N) is 1. The number of anilines is 2. The second-order valence-corrected chi connectivity index (χ2v) is 8.17. The van der Waals surface area contributed by atoms with Crippen molar-refractivity contribution >= 4 is 41.5 Å². The van der Waals surface area contributed by atoms with E-state index in [1.165, 1.54) is 13.0 Å². The third-order valence-corrected chi connectivity index (χ3v) is 5.36. The van der Waals surface area contributed by atoms with Gasteiger partial charge in [0.05, 0.1) is 16.9 Å². The molecule has 30 heavy (non-hydrogen) atoms. The van der Waals surface area contributed by atoms with Gasteiger partial charge in [-0.3, -0.25) is 9.59 Å². The van der Waals surface area contributed by atoms with Gasteiger partial charge in [-0.1, -0.05) is 6.07 Å². The van der Waals surface area contributed by atoms with Crippen molar-refractivity contribution in [2.24, 2.45) is 5.18 Å². The van der Waals surface area contributed by atoms with Gasteiger partial charge in [0.15, 0.2) is 0 Å². The van der Waals surface area contributed by atoms with Gasteiger partial charge in [0, 0.05) is 18.2 Å². The number of amides is 2. The predicted octanol–water partition coefficient (Wildman–Crippen LogP) is 3.59. The molecule has 0 bridgehead atoms. The zero-order valence-electron chi connectivity index (χ0n) is 17.6. The molecule has 3 rings (SSSR count). The summed E-state index contributed by atoms with van der Waals surface area (Å²) in [7, 11) is -0.636. The van der Waals surface area contributed by atoms with Gasteiger partial charge in [-0.2, -0.15) is 0 Å². The van der Waals surface area contributed by atoms with Crippen LogP contribution in [0.15, 0.2) is 47.6 Å². The number of carbonyl (C=O) groups is 2. The van der Waals surface area contributed by atoms with E-state index in [0.717, 1.165) is 0 Å². The van der Waals surface area contributed by atoms with Crippen molar-refractivity contribution < 1.29 is 18.9 Å². The average molecular weight is 409 g/mol. The summed E-state index contributed by atoms with van der Waals surface area (Å²) in [4.78, 5) is 35.0. The molecule has 0 saturated carbocycles. The minimum Gasteiger partial charge on any atom is -0.399 e. The van der Waals surface area contributed by atoms with Gasteiger partial charge in [-0.15, -0.1) is 4.91 Å². The molecule has 0 aliphatic carbocycles. The van der Waals surface area contributed by atoms with Crippen LogP contribution in [0.25, 0.3) is 0 Å². The third kappa shape index (κ3) is 4.42. The van der Waals surface area contributed by atoms with Gasteiger partial charge in [0.1, 0.15) is 5.69 Å². The zero-order valence-corrected chi connectivity index (χ0v) is 17.6. The highest BCUT2D eigenvalue weighted by Gasteiger charge is 2.51. The zero-order chi connectivity index (χ0) is 22.1. The second-order valence-electron chi connectivity index (χ2n) is 8.17. The van der Waals surface area contributed by atoms with Crippen LogP contribution < -0.4 is 16.1 Å². The Morgan fingerprint density at radius 2 is 1.53 bits per heavy atom. The fourth-order valence-electron chi connectivity index (χ4n) is 2.96. The highest BCUT2D eigenvalue weighted by molar-refractivity contribution is 6.62.